The smallest absolute Gasteiger partial charge is 0.378 e. The number of nitrogens with zero attached hydrogens (tertiary/aromatic N) is 3. The Labute approximate surface area is 156 Å². The lowest BCUT2D eigenvalue weighted by Crippen LogP contribution is -2.15. The van der Waals surface area contributed by atoms with Gasteiger partial charge in [0.25, 0.3) is 5.82 Å². The van der Waals surface area contributed by atoms with E-state index in [0.717, 1.165) is 0 Å². The molecule has 0 amide bonds. The van der Waals surface area contributed by atoms with Crippen molar-refractivity contribution >= 4 is 17.6 Å². The van der Waals surface area contributed by atoms with Crippen LogP contribution in [0.1, 0.15) is 66.1 Å². The summed E-state index contributed by atoms with van der Waals surface area (Å²) in [5.74, 6) is -0.477. The van der Waals surface area contributed by atoms with Gasteiger partial charge in [-0.25, -0.2) is 19.3 Å². The third-order valence-corrected chi connectivity index (χ3v) is 4.44. The maximum Gasteiger partial charge on any atom is 0.378 e. The first-order chi connectivity index (χ1) is 12.9. The van der Waals surface area contributed by atoms with Crippen LogP contribution in [0.2, 0.25) is 0 Å². The lowest BCUT2D eigenvalue weighted by Gasteiger charge is -2.16. The lowest BCUT2D eigenvalue weighted by atomic mass is 10.0. The molecule has 0 fully saturated rings. The molecule has 0 aliphatic carbocycles. The van der Waals surface area contributed by atoms with Crippen LogP contribution in [0.25, 0.3) is 0 Å². The number of nitrogens with one attached hydrogen (secondary N) is 1. The van der Waals surface area contributed by atoms with E-state index in [1.165, 1.54) is 0 Å². The molecule has 1 unspecified atom stereocenters. The normalized spacial score (nSPS) is 18.3. The van der Waals surface area contributed by atoms with E-state index in [-0.39, 0.29) is 24.4 Å². The molecule has 0 radical (unpaired) electrons. The Balaban J connectivity index is 1.82. The number of rotatable bonds is 6. The zero-order valence-corrected chi connectivity index (χ0v) is 15.4. The molecule has 3 rings (SSSR count). The summed E-state index contributed by atoms with van der Waals surface area (Å²) < 4.78 is 12.3. The van der Waals surface area contributed by atoms with Crippen molar-refractivity contribution in [3.05, 3.63) is 41.5 Å². The predicted molar refractivity (Wildman–Crippen MR) is 94.5 cm³/mol. The SMILES string of the molecule is CCOC(=O)c1nc2n(n1)C(C(C)C)C[C@H]2OC(=O)c1ccc(NO)cc1. The number of aromatic nitrogens is 3. The highest BCUT2D eigenvalue weighted by molar-refractivity contribution is 5.90. The topological polar surface area (TPSA) is 116 Å². The van der Waals surface area contributed by atoms with Crippen LogP contribution in [0.15, 0.2) is 24.3 Å². The average Bonchev–Trinajstić information content (AvgIpc) is 3.22. The third kappa shape index (κ3) is 3.77. The summed E-state index contributed by atoms with van der Waals surface area (Å²) in [4.78, 5) is 28.7. The van der Waals surface area contributed by atoms with Crippen LogP contribution in [-0.4, -0.2) is 38.5 Å². The summed E-state index contributed by atoms with van der Waals surface area (Å²) in [5, 5.41) is 13.1. The standard InChI is InChI=1S/C18H22N4O5/c1-4-26-18(24)15-19-16-14(9-13(10(2)3)22(16)20-15)27-17(23)11-5-7-12(21-25)8-6-11/h5-8,10,13-14,21,25H,4,9H2,1-3H3/t13?,14-/m1/s1. The molecule has 1 aliphatic heterocycles. The molecule has 0 bridgehead atoms. The zero-order valence-electron chi connectivity index (χ0n) is 15.4. The van der Waals surface area contributed by atoms with Crippen molar-refractivity contribution in [1.82, 2.24) is 14.8 Å². The van der Waals surface area contributed by atoms with E-state index >= 15 is 0 Å². The van der Waals surface area contributed by atoms with Gasteiger partial charge in [0, 0.05) is 6.42 Å². The monoisotopic (exact) mass is 374 g/mol. The summed E-state index contributed by atoms with van der Waals surface area (Å²) in [5.41, 5.74) is 2.81. The molecule has 2 atom stereocenters. The van der Waals surface area contributed by atoms with Gasteiger partial charge in [0.15, 0.2) is 11.9 Å². The molecule has 2 aromatic rings. The van der Waals surface area contributed by atoms with E-state index in [9.17, 15) is 9.59 Å². The quantitative estimate of drug-likeness (QED) is 0.586. The molecular weight excluding hydrogens is 352 g/mol. The van der Waals surface area contributed by atoms with Gasteiger partial charge >= 0.3 is 11.9 Å². The van der Waals surface area contributed by atoms with E-state index in [0.29, 0.717) is 23.5 Å². The summed E-state index contributed by atoms with van der Waals surface area (Å²) >= 11 is 0. The molecule has 2 heterocycles. The van der Waals surface area contributed by atoms with E-state index in [2.05, 4.69) is 10.1 Å². The number of hydrogen-bond acceptors (Lipinski definition) is 8. The van der Waals surface area contributed by atoms with Crippen molar-refractivity contribution in [2.45, 2.75) is 39.3 Å². The molecule has 9 nitrogen and oxygen atoms in total. The van der Waals surface area contributed by atoms with Crippen molar-refractivity contribution < 1.29 is 24.3 Å². The van der Waals surface area contributed by atoms with Crippen molar-refractivity contribution in [3.8, 4) is 0 Å². The van der Waals surface area contributed by atoms with Gasteiger partial charge in [-0.15, -0.1) is 5.10 Å². The van der Waals surface area contributed by atoms with Gasteiger partial charge < -0.3 is 9.47 Å². The molecule has 1 aromatic heterocycles. The molecular formula is C18H22N4O5. The highest BCUT2D eigenvalue weighted by Gasteiger charge is 2.39. The predicted octanol–water partition coefficient (Wildman–Crippen LogP) is 2.75. The van der Waals surface area contributed by atoms with Gasteiger partial charge in [0.05, 0.1) is 23.9 Å². The highest BCUT2D eigenvalue weighted by atomic mass is 16.5. The molecule has 27 heavy (non-hydrogen) atoms. The van der Waals surface area contributed by atoms with E-state index in [1.807, 2.05) is 19.3 Å². The lowest BCUT2D eigenvalue weighted by molar-refractivity contribution is 0.0274. The fourth-order valence-electron chi connectivity index (χ4n) is 3.04. The number of ether oxygens (including phenoxy) is 2. The molecule has 0 saturated carbocycles. The van der Waals surface area contributed by atoms with Crippen molar-refractivity contribution in [2.75, 3.05) is 12.1 Å². The maximum absolute atomic E-state index is 12.5. The highest BCUT2D eigenvalue weighted by Crippen LogP contribution is 2.39. The molecule has 144 valence electrons. The Kier molecular flexibility index (Phi) is 5.41. The summed E-state index contributed by atoms with van der Waals surface area (Å²) in [6.45, 7) is 6.00. The van der Waals surface area contributed by atoms with Gasteiger partial charge in [-0.3, -0.25) is 10.7 Å². The molecule has 0 saturated heterocycles. The Morgan fingerprint density at radius 1 is 1.30 bits per heavy atom. The second-order valence-corrected chi connectivity index (χ2v) is 6.59. The van der Waals surface area contributed by atoms with Crippen molar-refractivity contribution in [1.29, 1.82) is 0 Å². The van der Waals surface area contributed by atoms with E-state index in [4.69, 9.17) is 14.7 Å². The van der Waals surface area contributed by atoms with Crippen LogP contribution < -0.4 is 5.48 Å². The van der Waals surface area contributed by atoms with Gasteiger partial charge in [-0.1, -0.05) is 13.8 Å². The van der Waals surface area contributed by atoms with Crippen molar-refractivity contribution in [2.24, 2.45) is 5.92 Å². The third-order valence-electron chi connectivity index (χ3n) is 4.44. The average molecular weight is 374 g/mol. The number of esters is 2. The summed E-state index contributed by atoms with van der Waals surface area (Å²) in [6.07, 6.45) is -0.0609. The Morgan fingerprint density at radius 2 is 2.00 bits per heavy atom. The maximum atomic E-state index is 12.5. The molecule has 9 heteroatoms. The molecule has 0 spiro atoms. The molecule has 2 N–H and O–H groups in total. The number of benzene rings is 1. The fourth-order valence-corrected chi connectivity index (χ4v) is 3.04. The van der Waals surface area contributed by atoms with Crippen LogP contribution in [0.5, 0.6) is 0 Å². The Bertz CT molecular complexity index is 831. The van der Waals surface area contributed by atoms with Crippen molar-refractivity contribution in [3.63, 3.8) is 0 Å². The number of carbonyl (C=O) groups excluding carboxylic acids is 2. The Morgan fingerprint density at radius 3 is 2.59 bits per heavy atom. The summed E-state index contributed by atoms with van der Waals surface area (Å²) in [7, 11) is 0. The first kappa shape index (κ1) is 18.8. The molecule has 1 aliphatic rings. The van der Waals surface area contributed by atoms with Crippen LogP contribution in [0.3, 0.4) is 0 Å². The Hall–Kier alpha value is -2.94. The number of hydrogen-bond donors (Lipinski definition) is 2. The van der Waals surface area contributed by atoms with E-state index in [1.54, 1.807) is 35.9 Å². The number of carbonyl (C=O) groups is 2. The van der Waals surface area contributed by atoms with Crippen LogP contribution >= 0.6 is 0 Å². The zero-order chi connectivity index (χ0) is 19.6. The van der Waals surface area contributed by atoms with Gasteiger partial charge in [-0.05, 0) is 37.1 Å². The minimum atomic E-state index is -0.601. The van der Waals surface area contributed by atoms with Gasteiger partial charge in [0.2, 0.25) is 0 Å². The largest absolute Gasteiger partial charge is 0.460 e. The van der Waals surface area contributed by atoms with Gasteiger partial charge in [0.1, 0.15) is 0 Å². The van der Waals surface area contributed by atoms with Crippen LogP contribution in [0.4, 0.5) is 5.69 Å². The minimum absolute atomic E-state index is 0.0309. The fraction of sp³-hybridized carbons (Fsp3) is 0.444. The first-order valence-electron chi connectivity index (χ1n) is 8.79. The van der Waals surface area contributed by atoms with Gasteiger partial charge in [-0.2, -0.15) is 0 Å². The number of fused-ring (bicyclic) bond motifs is 1. The molecule has 1 aromatic carbocycles. The second-order valence-electron chi connectivity index (χ2n) is 6.59. The minimum Gasteiger partial charge on any atom is -0.460 e. The second kappa shape index (κ2) is 7.75. The summed E-state index contributed by atoms with van der Waals surface area (Å²) in [6, 6.07) is 6.18. The van der Waals surface area contributed by atoms with Crippen LogP contribution in [-0.2, 0) is 9.47 Å². The van der Waals surface area contributed by atoms with E-state index < -0.39 is 18.0 Å². The van der Waals surface area contributed by atoms with Crippen LogP contribution in [0, 0.1) is 5.92 Å². The first-order valence-corrected chi connectivity index (χ1v) is 8.79. The number of anilines is 1.